The molecule has 0 saturated carbocycles. The topological polar surface area (TPSA) is 57.1 Å². The number of nitrogens with zero attached hydrogens (tertiary/aromatic N) is 2. The number of benzene rings is 1. The Balaban J connectivity index is 1.76. The van der Waals surface area contributed by atoms with Gasteiger partial charge in [-0.2, -0.15) is 0 Å². The van der Waals surface area contributed by atoms with Crippen molar-refractivity contribution in [1.82, 2.24) is 4.98 Å². The first-order valence-electron chi connectivity index (χ1n) is 7.20. The summed E-state index contributed by atoms with van der Waals surface area (Å²) in [5.74, 6) is -0.0526. The average molecular weight is 331 g/mol. The van der Waals surface area contributed by atoms with Crippen molar-refractivity contribution in [1.29, 1.82) is 5.41 Å². The maximum absolute atomic E-state index is 12.1. The molecule has 2 heterocycles. The second-order valence-electron chi connectivity index (χ2n) is 5.19. The Bertz CT molecular complexity index is 708. The van der Waals surface area contributed by atoms with Gasteiger partial charge in [0.05, 0.1) is 5.25 Å². The molecule has 6 heteroatoms. The van der Waals surface area contributed by atoms with Crippen LogP contribution in [-0.4, -0.2) is 21.3 Å². The summed E-state index contributed by atoms with van der Waals surface area (Å²) in [7, 11) is 0. The summed E-state index contributed by atoms with van der Waals surface area (Å²) in [6, 6.07) is 8.57. The Morgan fingerprint density at radius 3 is 2.55 bits per heavy atom. The van der Waals surface area contributed by atoms with E-state index >= 15 is 0 Å². The number of hydrogen-bond acceptors (Lipinski definition) is 5. The lowest BCUT2D eigenvalue weighted by Crippen LogP contribution is -2.30. The molecule has 1 aliphatic rings. The molecule has 0 unspecified atom stereocenters. The number of amidine groups is 1. The lowest BCUT2D eigenvalue weighted by molar-refractivity contribution is -0.116. The predicted octanol–water partition coefficient (Wildman–Crippen LogP) is 3.70. The van der Waals surface area contributed by atoms with Gasteiger partial charge in [0.2, 0.25) is 5.91 Å². The van der Waals surface area contributed by atoms with Crippen molar-refractivity contribution in [3.8, 4) is 0 Å². The van der Waals surface area contributed by atoms with Gasteiger partial charge in [0, 0.05) is 17.5 Å². The van der Waals surface area contributed by atoms with E-state index in [1.165, 1.54) is 39.1 Å². The van der Waals surface area contributed by atoms with E-state index in [-0.39, 0.29) is 16.3 Å². The number of carbonyl (C=O) groups excluding carboxylic acids is 1. The molecule has 3 rings (SSSR count). The van der Waals surface area contributed by atoms with E-state index in [1.54, 1.807) is 0 Å². The Morgan fingerprint density at radius 1 is 1.27 bits per heavy atom. The molecule has 2 aromatic rings. The maximum atomic E-state index is 12.1. The highest BCUT2D eigenvalue weighted by Gasteiger charge is 2.36. The van der Waals surface area contributed by atoms with Crippen molar-refractivity contribution in [2.45, 2.75) is 31.9 Å². The molecule has 1 saturated heterocycles. The van der Waals surface area contributed by atoms with Crippen molar-refractivity contribution in [2.24, 2.45) is 0 Å². The van der Waals surface area contributed by atoms with Crippen molar-refractivity contribution < 1.29 is 4.79 Å². The first-order valence-corrected chi connectivity index (χ1v) is 8.89. The SMILES string of the molecule is CCc1ccc(Cc2cnc(N3C(=N)S[C@H](C)C3=O)s2)cc1. The van der Waals surface area contributed by atoms with E-state index in [4.69, 9.17) is 5.41 Å². The monoisotopic (exact) mass is 331 g/mol. The summed E-state index contributed by atoms with van der Waals surface area (Å²) < 4.78 is 0. The van der Waals surface area contributed by atoms with Crippen LogP contribution >= 0.6 is 23.1 Å². The molecule has 1 atom stereocenters. The molecule has 1 aromatic carbocycles. The van der Waals surface area contributed by atoms with Gasteiger partial charge in [0.25, 0.3) is 0 Å². The number of rotatable bonds is 4. The molecular formula is C16H17N3OS2. The molecule has 0 radical (unpaired) electrons. The molecule has 22 heavy (non-hydrogen) atoms. The van der Waals surface area contributed by atoms with E-state index in [2.05, 4.69) is 36.2 Å². The maximum Gasteiger partial charge on any atom is 0.248 e. The highest BCUT2D eigenvalue weighted by molar-refractivity contribution is 8.16. The van der Waals surface area contributed by atoms with Crippen LogP contribution in [0.1, 0.15) is 29.9 Å². The number of aryl methyl sites for hydroxylation is 1. The Labute approximate surface area is 138 Å². The minimum absolute atomic E-state index is 0.0526. The zero-order valence-corrected chi connectivity index (χ0v) is 14.1. The van der Waals surface area contributed by atoms with E-state index in [9.17, 15) is 4.79 Å². The highest BCUT2D eigenvalue weighted by atomic mass is 32.2. The van der Waals surface area contributed by atoms with Crippen molar-refractivity contribution >= 4 is 39.3 Å². The largest absolute Gasteiger partial charge is 0.278 e. The first kappa shape index (κ1) is 15.2. The number of aromatic nitrogens is 1. The lowest BCUT2D eigenvalue weighted by Gasteiger charge is -2.10. The summed E-state index contributed by atoms with van der Waals surface area (Å²) in [4.78, 5) is 18.9. The predicted molar refractivity (Wildman–Crippen MR) is 93.0 cm³/mol. The molecule has 1 fully saturated rings. The molecule has 0 spiro atoms. The van der Waals surface area contributed by atoms with Gasteiger partial charge in [0.1, 0.15) is 0 Å². The Hall–Kier alpha value is -1.66. The number of nitrogens with one attached hydrogen (secondary N) is 1. The third-order valence-electron chi connectivity index (χ3n) is 3.60. The fourth-order valence-corrected chi connectivity index (χ4v) is 4.15. The van der Waals surface area contributed by atoms with Crippen molar-refractivity contribution in [2.75, 3.05) is 4.90 Å². The third kappa shape index (κ3) is 2.94. The van der Waals surface area contributed by atoms with Gasteiger partial charge in [0.15, 0.2) is 10.3 Å². The second kappa shape index (κ2) is 6.22. The second-order valence-corrected chi connectivity index (χ2v) is 7.62. The molecule has 1 amide bonds. The van der Waals surface area contributed by atoms with Crippen LogP contribution in [0.25, 0.3) is 0 Å². The van der Waals surface area contributed by atoms with Gasteiger partial charge >= 0.3 is 0 Å². The molecule has 1 N–H and O–H groups in total. The minimum Gasteiger partial charge on any atom is -0.278 e. The minimum atomic E-state index is -0.193. The van der Waals surface area contributed by atoms with Gasteiger partial charge < -0.3 is 0 Å². The Morgan fingerprint density at radius 2 is 1.95 bits per heavy atom. The number of thioether (sulfide) groups is 1. The average Bonchev–Trinajstić information content (AvgIpc) is 3.05. The van der Waals surface area contributed by atoms with Gasteiger partial charge in [-0.05, 0) is 24.5 Å². The van der Waals surface area contributed by atoms with Crippen LogP contribution in [-0.2, 0) is 17.6 Å². The molecule has 0 bridgehead atoms. The van der Waals surface area contributed by atoms with Crippen molar-refractivity contribution in [3.05, 3.63) is 46.5 Å². The van der Waals surface area contributed by atoms with E-state index in [0.717, 1.165) is 17.7 Å². The third-order valence-corrected chi connectivity index (χ3v) is 5.55. The van der Waals surface area contributed by atoms with E-state index < -0.39 is 0 Å². The van der Waals surface area contributed by atoms with Gasteiger partial charge in [-0.15, -0.1) is 11.3 Å². The number of hydrogen-bond donors (Lipinski definition) is 1. The van der Waals surface area contributed by atoms with E-state index in [0.29, 0.717) is 5.13 Å². The number of carbonyl (C=O) groups is 1. The molecule has 1 aromatic heterocycles. The zero-order chi connectivity index (χ0) is 15.7. The summed E-state index contributed by atoms with van der Waals surface area (Å²) in [5, 5.41) is 8.59. The van der Waals surface area contributed by atoms with Crippen LogP contribution in [0.5, 0.6) is 0 Å². The summed E-state index contributed by atoms with van der Waals surface area (Å²) in [5.41, 5.74) is 2.56. The number of thiazole rings is 1. The standard InChI is InChI=1S/C16H17N3OS2/c1-3-11-4-6-12(7-5-11)8-13-9-18-16(22-13)19-14(20)10(2)21-15(19)17/h4-7,9-10,17H,3,8H2,1-2H3/t10-/m1/s1. The fraction of sp³-hybridized carbons (Fsp3) is 0.312. The van der Waals surface area contributed by atoms with E-state index in [1.807, 2.05) is 13.1 Å². The summed E-state index contributed by atoms with van der Waals surface area (Å²) in [6.07, 6.45) is 3.65. The molecule has 0 aliphatic carbocycles. The molecule has 114 valence electrons. The van der Waals surface area contributed by atoms with Gasteiger partial charge in [-0.3, -0.25) is 10.2 Å². The van der Waals surface area contributed by atoms with Crippen LogP contribution in [0.4, 0.5) is 5.13 Å². The van der Waals surface area contributed by atoms with Crippen LogP contribution in [0.3, 0.4) is 0 Å². The quantitative estimate of drug-likeness (QED) is 0.929. The number of anilines is 1. The van der Waals surface area contributed by atoms with Gasteiger partial charge in [-0.25, -0.2) is 9.88 Å². The first-order chi connectivity index (χ1) is 10.6. The normalized spacial score (nSPS) is 18.3. The summed E-state index contributed by atoms with van der Waals surface area (Å²) >= 11 is 2.76. The van der Waals surface area contributed by atoms with Gasteiger partial charge in [-0.1, -0.05) is 43.0 Å². The van der Waals surface area contributed by atoms with Crippen LogP contribution in [0, 0.1) is 5.41 Å². The smallest absolute Gasteiger partial charge is 0.248 e. The van der Waals surface area contributed by atoms with Crippen molar-refractivity contribution in [3.63, 3.8) is 0 Å². The molecule has 1 aliphatic heterocycles. The highest BCUT2D eigenvalue weighted by Crippen LogP contribution is 2.33. The lowest BCUT2D eigenvalue weighted by atomic mass is 10.1. The Kier molecular flexibility index (Phi) is 4.31. The fourth-order valence-electron chi connectivity index (χ4n) is 2.31. The summed E-state index contributed by atoms with van der Waals surface area (Å²) in [6.45, 7) is 3.97. The zero-order valence-electron chi connectivity index (χ0n) is 12.5. The van der Waals surface area contributed by atoms with Crippen LogP contribution < -0.4 is 4.90 Å². The van der Waals surface area contributed by atoms with Crippen LogP contribution in [0.15, 0.2) is 30.5 Å². The molecular weight excluding hydrogens is 314 g/mol. The van der Waals surface area contributed by atoms with Crippen LogP contribution in [0.2, 0.25) is 0 Å². The number of amides is 1. The molecule has 4 nitrogen and oxygen atoms in total.